The average Bonchev–Trinajstić information content (AvgIpc) is 2.73. The third kappa shape index (κ3) is 4.86. The van der Waals surface area contributed by atoms with E-state index >= 15 is 0 Å². The zero-order valence-electron chi connectivity index (χ0n) is 16.2. The highest BCUT2D eigenvalue weighted by molar-refractivity contribution is 9.10. The van der Waals surface area contributed by atoms with Crippen LogP contribution in [0.2, 0.25) is 5.02 Å². The van der Waals surface area contributed by atoms with Crippen LogP contribution >= 0.6 is 27.5 Å². The Labute approximate surface area is 186 Å². The summed E-state index contributed by atoms with van der Waals surface area (Å²) in [6.07, 6.45) is -1.22. The minimum absolute atomic E-state index is 0.0589. The van der Waals surface area contributed by atoms with E-state index in [1.54, 1.807) is 26.4 Å². The number of hydrogen-bond acceptors (Lipinski definition) is 4. The summed E-state index contributed by atoms with van der Waals surface area (Å²) in [4.78, 5) is 0. The third-order valence-electron chi connectivity index (χ3n) is 4.60. The summed E-state index contributed by atoms with van der Waals surface area (Å²) in [5, 5.41) is 13.7. The standard InChI is InChI=1S/C22H19BrClF2NO3/c1-29-14-5-3-12(21(8-14)30-2)11-27-20-10-17(23)16(9-19(20)26)22(28)15-6-4-13(25)7-18(15)24/h3-10,22,27-28H,11H2,1-2H3. The number of nitrogens with one attached hydrogen (secondary N) is 1. The van der Waals surface area contributed by atoms with Gasteiger partial charge in [0.15, 0.2) is 0 Å². The summed E-state index contributed by atoms with van der Waals surface area (Å²) >= 11 is 9.39. The predicted octanol–water partition coefficient (Wildman–Crippen LogP) is 6.09. The predicted molar refractivity (Wildman–Crippen MR) is 116 cm³/mol. The molecule has 1 atom stereocenters. The summed E-state index contributed by atoms with van der Waals surface area (Å²) in [5.41, 5.74) is 1.60. The molecule has 0 saturated carbocycles. The van der Waals surface area contributed by atoms with Crippen molar-refractivity contribution in [3.05, 3.63) is 86.4 Å². The van der Waals surface area contributed by atoms with Crippen molar-refractivity contribution in [3.63, 3.8) is 0 Å². The molecule has 0 aliphatic heterocycles. The van der Waals surface area contributed by atoms with Crippen molar-refractivity contribution in [1.29, 1.82) is 0 Å². The molecule has 0 aliphatic carbocycles. The summed E-state index contributed by atoms with van der Waals surface area (Å²) in [7, 11) is 3.11. The van der Waals surface area contributed by atoms with Crippen molar-refractivity contribution in [2.24, 2.45) is 0 Å². The molecule has 0 aliphatic rings. The van der Waals surface area contributed by atoms with Gasteiger partial charge >= 0.3 is 0 Å². The normalized spacial score (nSPS) is 11.8. The van der Waals surface area contributed by atoms with Gasteiger partial charge in [-0.3, -0.25) is 0 Å². The SMILES string of the molecule is COc1ccc(CNc2cc(Br)c(C(O)c3ccc(F)cc3Cl)cc2F)c(OC)c1. The van der Waals surface area contributed by atoms with Gasteiger partial charge < -0.3 is 19.9 Å². The van der Waals surface area contributed by atoms with Crippen molar-refractivity contribution < 1.29 is 23.4 Å². The van der Waals surface area contributed by atoms with Gasteiger partial charge in [0.2, 0.25) is 0 Å². The van der Waals surface area contributed by atoms with Gasteiger partial charge in [-0.1, -0.05) is 33.6 Å². The summed E-state index contributed by atoms with van der Waals surface area (Å²) < 4.78 is 39.0. The fourth-order valence-corrected chi connectivity index (χ4v) is 3.82. The van der Waals surface area contributed by atoms with E-state index in [-0.39, 0.29) is 21.8 Å². The molecule has 0 amide bonds. The first-order valence-corrected chi connectivity index (χ1v) is 10.1. The monoisotopic (exact) mass is 497 g/mol. The van der Waals surface area contributed by atoms with E-state index in [0.29, 0.717) is 22.5 Å². The molecule has 158 valence electrons. The molecule has 0 bridgehead atoms. The van der Waals surface area contributed by atoms with Crippen molar-refractivity contribution in [2.45, 2.75) is 12.6 Å². The number of methoxy groups -OCH3 is 2. The lowest BCUT2D eigenvalue weighted by molar-refractivity contribution is 0.219. The zero-order chi connectivity index (χ0) is 21.8. The summed E-state index contributed by atoms with van der Waals surface area (Å²) in [6, 6.07) is 11.8. The third-order valence-corrected chi connectivity index (χ3v) is 5.62. The maximum atomic E-state index is 14.7. The van der Waals surface area contributed by atoms with E-state index in [1.807, 2.05) is 6.07 Å². The second-order valence-electron chi connectivity index (χ2n) is 6.45. The van der Waals surface area contributed by atoms with Crippen LogP contribution in [0.1, 0.15) is 22.8 Å². The Morgan fingerprint density at radius 3 is 2.47 bits per heavy atom. The van der Waals surface area contributed by atoms with Crippen molar-refractivity contribution in [2.75, 3.05) is 19.5 Å². The molecule has 3 aromatic carbocycles. The van der Waals surface area contributed by atoms with Gasteiger partial charge in [-0.15, -0.1) is 0 Å². The fourth-order valence-electron chi connectivity index (χ4n) is 2.99. The topological polar surface area (TPSA) is 50.7 Å². The van der Waals surface area contributed by atoms with Gasteiger partial charge in [0, 0.05) is 38.8 Å². The number of aliphatic hydroxyl groups excluding tert-OH is 1. The Morgan fingerprint density at radius 1 is 1.03 bits per heavy atom. The molecule has 0 radical (unpaired) electrons. The van der Waals surface area contributed by atoms with E-state index < -0.39 is 17.7 Å². The lowest BCUT2D eigenvalue weighted by Gasteiger charge is -2.17. The van der Waals surface area contributed by atoms with Crippen LogP contribution in [-0.2, 0) is 6.54 Å². The summed E-state index contributed by atoms with van der Waals surface area (Å²) in [6.45, 7) is 0.308. The molecule has 30 heavy (non-hydrogen) atoms. The van der Waals surface area contributed by atoms with Crippen LogP contribution in [0.15, 0.2) is 53.0 Å². The van der Waals surface area contributed by atoms with E-state index in [9.17, 15) is 13.9 Å². The van der Waals surface area contributed by atoms with Gasteiger partial charge in [-0.2, -0.15) is 0 Å². The Hall–Kier alpha value is -2.35. The highest BCUT2D eigenvalue weighted by atomic mass is 79.9. The Balaban J connectivity index is 1.83. The molecule has 3 rings (SSSR count). The second kappa shape index (κ2) is 9.64. The zero-order valence-corrected chi connectivity index (χ0v) is 18.5. The van der Waals surface area contributed by atoms with Crippen molar-refractivity contribution in [1.82, 2.24) is 0 Å². The Bertz CT molecular complexity index is 1060. The maximum absolute atomic E-state index is 14.7. The molecule has 4 nitrogen and oxygen atoms in total. The van der Waals surface area contributed by atoms with Gasteiger partial charge in [0.25, 0.3) is 0 Å². The molecule has 0 heterocycles. The van der Waals surface area contributed by atoms with Crippen LogP contribution in [0.3, 0.4) is 0 Å². The van der Waals surface area contributed by atoms with Crippen LogP contribution in [0.4, 0.5) is 14.5 Å². The molecule has 0 aromatic heterocycles. The fraction of sp³-hybridized carbons (Fsp3) is 0.182. The minimum atomic E-state index is -1.22. The van der Waals surface area contributed by atoms with E-state index in [0.717, 1.165) is 11.6 Å². The number of anilines is 1. The van der Waals surface area contributed by atoms with Crippen LogP contribution < -0.4 is 14.8 Å². The Morgan fingerprint density at radius 2 is 1.80 bits per heavy atom. The van der Waals surface area contributed by atoms with E-state index in [1.165, 1.54) is 24.3 Å². The Kier molecular flexibility index (Phi) is 7.18. The number of hydrogen-bond donors (Lipinski definition) is 2. The first-order chi connectivity index (χ1) is 14.3. The molecular formula is C22H19BrClF2NO3. The average molecular weight is 499 g/mol. The van der Waals surface area contributed by atoms with Gasteiger partial charge in [-0.05, 0) is 36.4 Å². The largest absolute Gasteiger partial charge is 0.497 e. The number of halogens is 4. The molecule has 1 unspecified atom stereocenters. The minimum Gasteiger partial charge on any atom is -0.497 e. The smallest absolute Gasteiger partial charge is 0.146 e. The number of aliphatic hydroxyl groups is 1. The molecule has 2 N–H and O–H groups in total. The van der Waals surface area contributed by atoms with Crippen LogP contribution in [0.5, 0.6) is 11.5 Å². The van der Waals surface area contributed by atoms with Crippen molar-refractivity contribution in [3.8, 4) is 11.5 Å². The first kappa shape index (κ1) is 22.3. The lowest BCUT2D eigenvalue weighted by atomic mass is 10.0. The maximum Gasteiger partial charge on any atom is 0.146 e. The second-order valence-corrected chi connectivity index (χ2v) is 7.71. The van der Waals surface area contributed by atoms with Crippen LogP contribution in [0, 0.1) is 11.6 Å². The van der Waals surface area contributed by atoms with Gasteiger partial charge in [0.05, 0.1) is 19.9 Å². The molecular weight excluding hydrogens is 480 g/mol. The van der Waals surface area contributed by atoms with Gasteiger partial charge in [0.1, 0.15) is 29.2 Å². The molecule has 8 heteroatoms. The lowest BCUT2D eigenvalue weighted by Crippen LogP contribution is -2.07. The molecule has 0 fully saturated rings. The summed E-state index contributed by atoms with van der Waals surface area (Å²) in [5.74, 6) is 0.189. The molecule has 0 saturated heterocycles. The molecule has 0 spiro atoms. The van der Waals surface area contributed by atoms with E-state index in [2.05, 4.69) is 21.2 Å². The highest BCUT2D eigenvalue weighted by Gasteiger charge is 2.20. The van der Waals surface area contributed by atoms with Gasteiger partial charge in [-0.25, -0.2) is 8.78 Å². The van der Waals surface area contributed by atoms with E-state index in [4.69, 9.17) is 21.1 Å². The van der Waals surface area contributed by atoms with Crippen LogP contribution in [-0.4, -0.2) is 19.3 Å². The van der Waals surface area contributed by atoms with Crippen molar-refractivity contribution >= 4 is 33.2 Å². The number of ether oxygens (including phenoxy) is 2. The highest BCUT2D eigenvalue weighted by Crippen LogP contribution is 2.36. The quantitative estimate of drug-likeness (QED) is 0.414. The molecule has 3 aromatic rings. The number of benzene rings is 3. The first-order valence-electron chi connectivity index (χ1n) is 8.90. The van der Waals surface area contributed by atoms with Crippen LogP contribution in [0.25, 0.3) is 0 Å². The number of rotatable bonds is 7.